The van der Waals surface area contributed by atoms with E-state index in [2.05, 4.69) is 15.5 Å². The molecule has 2 N–H and O–H groups in total. The Morgan fingerprint density at radius 1 is 1.19 bits per heavy atom. The van der Waals surface area contributed by atoms with Gasteiger partial charge in [0.1, 0.15) is 5.03 Å². The maximum absolute atomic E-state index is 12.4. The number of carbonyl (C=O) groups excluding carboxylic acids is 1. The van der Waals surface area contributed by atoms with Gasteiger partial charge in [-0.25, -0.2) is 4.68 Å². The number of thioether (sulfide) groups is 1. The van der Waals surface area contributed by atoms with Crippen LogP contribution in [0.4, 0.5) is 5.69 Å². The number of piperazine rings is 1. The van der Waals surface area contributed by atoms with Crippen molar-refractivity contribution < 1.29 is 4.79 Å². The zero-order valence-corrected chi connectivity index (χ0v) is 16.1. The fraction of sp³-hybridized carbons (Fsp3) is 0.300. The first-order valence-electron chi connectivity index (χ1n) is 9.10. The lowest BCUT2D eigenvalue weighted by molar-refractivity contribution is -0.117. The molecule has 1 aliphatic heterocycles. The summed E-state index contributed by atoms with van der Waals surface area (Å²) in [5.41, 5.74) is 2.80. The first-order chi connectivity index (χ1) is 13.2. The Hall–Kier alpha value is -2.35. The van der Waals surface area contributed by atoms with Crippen LogP contribution in [0.15, 0.2) is 53.6 Å². The molecule has 6 nitrogen and oxygen atoms in total. The third kappa shape index (κ3) is 4.00. The maximum atomic E-state index is 12.4. The number of fused-ring (bicyclic) bond motifs is 1. The number of rotatable bonds is 5. The van der Waals surface area contributed by atoms with E-state index in [0.717, 1.165) is 53.5 Å². The summed E-state index contributed by atoms with van der Waals surface area (Å²) < 4.78 is 1.94. The first-order valence-corrected chi connectivity index (χ1v) is 10.3. The van der Waals surface area contributed by atoms with Crippen molar-refractivity contribution in [1.82, 2.24) is 20.0 Å². The average molecular weight is 382 g/mol. The number of nitrogens with one attached hydrogen (secondary N) is 2. The Labute approximate surface area is 162 Å². The Balaban J connectivity index is 1.60. The summed E-state index contributed by atoms with van der Waals surface area (Å²) in [7, 11) is 0. The third-order valence-corrected chi connectivity index (χ3v) is 5.39. The van der Waals surface area contributed by atoms with Crippen LogP contribution in [0.3, 0.4) is 0 Å². The number of anilines is 1. The van der Waals surface area contributed by atoms with E-state index >= 15 is 0 Å². The molecule has 7 heteroatoms. The van der Waals surface area contributed by atoms with E-state index in [1.165, 1.54) is 0 Å². The van der Waals surface area contributed by atoms with Gasteiger partial charge in [0.2, 0.25) is 5.91 Å². The van der Waals surface area contributed by atoms with Crippen LogP contribution >= 0.6 is 11.8 Å². The van der Waals surface area contributed by atoms with Gasteiger partial charge in [0.05, 0.1) is 17.7 Å². The van der Waals surface area contributed by atoms with E-state index in [1.807, 2.05) is 59.5 Å². The van der Waals surface area contributed by atoms with E-state index in [9.17, 15) is 4.79 Å². The minimum atomic E-state index is 0.0205. The SMILES string of the molecule is CSc1nn(-c2ccccc2)c2cc(NC(=O)CN3CCNCC3)ccc12. The van der Waals surface area contributed by atoms with Crippen molar-refractivity contribution in [3.05, 3.63) is 48.5 Å². The number of carbonyl (C=O) groups is 1. The lowest BCUT2D eigenvalue weighted by atomic mass is 10.2. The second-order valence-corrected chi connectivity index (χ2v) is 7.36. The van der Waals surface area contributed by atoms with Crippen molar-refractivity contribution in [3.63, 3.8) is 0 Å². The molecule has 0 aliphatic carbocycles. The molecule has 1 amide bonds. The standard InChI is InChI=1S/C20H23N5OS/c1-27-20-17-8-7-15(22-19(26)14-24-11-9-21-10-12-24)13-18(17)25(23-20)16-5-3-2-4-6-16/h2-8,13,21H,9-12,14H2,1H3,(H,22,26). The van der Waals surface area contributed by atoms with E-state index < -0.39 is 0 Å². The molecule has 140 valence electrons. The van der Waals surface area contributed by atoms with Gasteiger partial charge in [0.25, 0.3) is 0 Å². The number of benzene rings is 2. The zero-order valence-electron chi connectivity index (χ0n) is 15.3. The highest BCUT2D eigenvalue weighted by molar-refractivity contribution is 7.98. The highest BCUT2D eigenvalue weighted by Gasteiger charge is 2.15. The number of aromatic nitrogens is 2. The normalized spacial score (nSPS) is 15.1. The van der Waals surface area contributed by atoms with Crippen LogP contribution in [0.1, 0.15) is 0 Å². The Kier molecular flexibility index (Phi) is 5.42. The van der Waals surface area contributed by atoms with Crippen molar-refractivity contribution in [2.75, 3.05) is 44.3 Å². The smallest absolute Gasteiger partial charge is 0.238 e. The summed E-state index contributed by atoms with van der Waals surface area (Å²) in [6.45, 7) is 4.11. The highest BCUT2D eigenvalue weighted by Crippen LogP contribution is 2.30. The molecule has 1 saturated heterocycles. The molecule has 0 bridgehead atoms. The first kappa shape index (κ1) is 18.0. The van der Waals surface area contributed by atoms with E-state index in [4.69, 9.17) is 5.10 Å². The number of nitrogens with zero attached hydrogens (tertiary/aromatic N) is 3. The predicted molar refractivity (Wildman–Crippen MR) is 111 cm³/mol. The predicted octanol–water partition coefficient (Wildman–Crippen LogP) is 2.59. The molecule has 0 spiro atoms. The Morgan fingerprint density at radius 3 is 2.70 bits per heavy atom. The molecule has 0 unspecified atom stereocenters. The molecule has 1 aromatic heterocycles. The number of hydrogen-bond acceptors (Lipinski definition) is 5. The molecular weight excluding hydrogens is 358 g/mol. The molecule has 2 aromatic carbocycles. The molecule has 1 fully saturated rings. The lowest BCUT2D eigenvalue weighted by Gasteiger charge is -2.26. The summed E-state index contributed by atoms with van der Waals surface area (Å²) >= 11 is 1.62. The van der Waals surface area contributed by atoms with Gasteiger partial charge < -0.3 is 10.6 Å². The minimum absolute atomic E-state index is 0.0205. The maximum Gasteiger partial charge on any atom is 0.238 e. The van der Waals surface area contributed by atoms with E-state index in [-0.39, 0.29) is 5.91 Å². The summed E-state index contributed by atoms with van der Waals surface area (Å²) in [5.74, 6) is 0.0205. The van der Waals surface area contributed by atoms with Crippen LogP contribution in [-0.2, 0) is 4.79 Å². The molecular formula is C20H23N5OS. The molecule has 1 aliphatic rings. The number of para-hydroxylation sites is 1. The van der Waals surface area contributed by atoms with Crippen LogP contribution in [-0.4, -0.2) is 59.6 Å². The summed E-state index contributed by atoms with van der Waals surface area (Å²) in [4.78, 5) is 14.6. The lowest BCUT2D eigenvalue weighted by Crippen LogP contribution is -2.46. The largest absolute Gasteiger partial charge is 0.325 e. The van der Waals surface area contributed by atoms with Gasteiger partial charge in [0.15, 0.2) is 0 Å². The summed E-state index contributed by atoms with van der Waals surface area (Å²) in [6, 6.07) is 16.1. The van der Waals surface area contributed by atoms with Gasteiger partial charge >= 0.3 is 0 Å². The van der Waals surface area contributed by atoms with Crippen LogP contribution in [0, 0.1) is 0 Å². The fourth-order valence-electron chi connectivity index (χ4n) is 3.35. The van der Waals surface area contributed by atoms with Gasteiger partial charge in [-0.15, -0.1) is 11.8 Å². The van der Waals surface area contributed by atoms with Crippen molar-refractivity contribution in [2.24, 2.45) is 0 Å². The van der Waals surface area contributed by atoms with Crippen molar-refractivity contribution in [2.45, 2.75) is 5.03 Å². The molecule has 3 aromatic rings. The second-order valence-electron chi connectivity index (χ2n) is 6.56. The topological polar surface area (TPSA) is 62.2 Å². The molecule has 27 heavy (non-hydrogen) atoms. The van der Waals surface area contributed by atoms with Crippen LogP contribution in [0.2, 0.25) is 0 Å². The van der Waals surface area contributed by atoms with Gasteiger partial charge in [-0.2, -0.15) is 5.10 Å². The Bertz CT molecular complexity index is 934. The zero-order chi connectivity index (χ0) is 18.6. The summed E-state index contributed by atoms with van der Waals surface area (Å²) in [6.07, 6.45) is 2.03. The van der Waals surface area contributed by atoms with Crippen LogP contribution < -0.4 is 10.6 Å². The molecule has 0 saturated carbocycles. The fourth-order valence-corrected chi connectivity index (χ4v) is 3.91. The van der Waals surface area contributed by atoms with Gasteiger partial charge in [0, 0.05) is 37.3 Å². The van der Waals surface area contributed by atoms with E-state index in [0.29, 0.717) is 6.54 Å². The van der Waals surface area contributed by atoms with Gasteiger partial charge in [-0.05, 0) is 36.6 Å². The van der Waals surface area contributed by atoms with Crippen LogP contribution in [0.5, 0.6) is 0 Å². The summed E-state index contributed by atoms with van der Waals surface area (Å²) in [5, 5.41) is 13.2. The third-order valence-electron chi connectivity index (χ3n) is 4.70. The quantitative estimate of drug-likeness (QED) is 0.665. The van der Waals surface area contributed by atoms with Crippen molar-refractivity contribution in [3.8, 4) is 5.69 Å². The van der Waals surface area contributed by atoms with Crippen molar-refractivity contribution in [1.29, 1.82) is 0 Å². The van der Waals surface area contributed by atoms with E-state index in [1.54, 1.807) is 11.8 Å². The van der Waals surface area contributed by atoms with Crippen LogP contribution in [0.25, 0.3) is 16.6 Å². The molecule has 0 atom stereocenters. The number of amides is 1. The highest BCUT2D eigenvalue weighted by atomic mass is 32.2. The Morgan fingerprint density at radius 2 is 1.96 bits per heavy atom. The average Bonchev–Trinajstić information content (AvgIpc) is 3.07. The number of hydrogen-bond donors (Lipinski definition) is 2. The molecule has 0 radical (unpaired) electrons. The molecule has 2 heterocycles. The van der Waals surface area contributed by atoms with Gasteiger partial charge in [-0.1, -0.05) is 18.2 Å². The second kappa shape index (κ2) is 8.12. The minimum Gasteiger partial charge on any atom is -0.325 e. The van der Waals surface area contributed by atoms with Gasteiger partial charge in [-0.3, -0.25) is 9.69 Å². The molecule has 4 rings (SSSR count). The van der Waals surface area contributed by atoms with Crippen molar-refractivity contribution >= 4 is 34.3 Å². The monoisotopic (exact) mass is 381 g/mol.